The van der Waals surface area contributed by atoms with Crippen molar-refractivity contribution in [3.05, 3.63) is 84.4 Å². The van der Waals surface area contributed by atoms with Gasteiger partial charge in [0.05, 0.1) is 17.9 Å². The van der Waals surface area contributed by atoms with E-state index in [2.05, 4.69) is 10.0 Å². The van der Waals surface area contributed by atoms with E-state index >= 15 is 0 Å². The molecule has 31 heavy (non-hydrogen) atoms. The van der Waals surface area contributed by atoms with Gasteiger partial charge in [-0.05, 0) is 47.9 Å². The van der Waals surface area contributed by atoms with Gasteiger partial charge in [0.25, 0.3) is 0 Å². The molecule has 3 rings (SSSR count). The Morgan fingerprint density at radius 2 is 1.52 bits per heavy atom. The van der Waals surface area contributed by atoms with Crippen LogP contribution in [-0.4, -0.2) is 34.1 Å². The molecule has 6 nitrogen and oxygen atoms in total. The lowest BCUT2D eigenvalue weighted by Gasteiger charge is -2.13. The lowest BCUT2D eigenvalue weighted by Crippen LogP contribution is -2.35. The molecule has 0 spiro atoms. The summed E-state index contributed by atoms with van der Waals surface area (Å²) in [5.41, 5.74) is 3.65. The number of rotatable bonds is 9. The summed E-state index contributed by atoms with van der Waals surface area (Å²) in [6.07, 6.45) is 0.227. The van der Waals surface area contributed by atoms with Gasteiger partial charge >= 0.3 is 0 Å². The molecule has 0 aromatic heterocycles. The van der Waals surface area contributed by atoms with Crippen molar-refractivity contribution in [3.63, 3.8) is 0 Å². The summed E-state index contributed by atoms with van der Waals surface area (Å²) in [6, 6.07) is 23.6. The molecule has 0 saturated heterocycles. The number of amides is 1. The van der Waals surface area contributed by atoms with Crippen molar-refractivity contribution in [1.82, 2.24) is 4.72 Å². The topological polar surface area (TPSA) is 84.5 Å². The highest BCUT2D eigenvalue weighted by atomic mass is 32.2. The largest absolute Gasteiger partial charge is 0.383 e. The molecule has 2 N–H and O–H groups in total. The van der Waals surface area contributed by atoms with Crippen LogP contribution in [0.2, 0.25) is 0 Å². The second-order valence-electron chi connectivity index (χ2n) is 7.29. The zero-order chi connectivity index (χ0) is 22.3. The second kappa shape index (κ2) is 10.3. The van der Waals surface area contributed by atoms with E-state index in [1.54, 1.807) is 19.1 Å². The predicted molar refractivity (Wildman–Crippen MR) is 122 cm³/mol. The van der Waals surface area contributed by atoms with Crippen LogP contribution in [0.4, 0.5) is 5.69 Å². The van der Waals surface area contributed by atoms with E-state index < -0.39 is 10.0 Å². The third-order valence-electron chi connectivity index (χ3n) is 4.65. The summed E-state index contributed by atoms with van der Waals surface area (Å²) >= 11 is 0. The summed E-state index contributed by atoms with van der Waals surface area (Å²) in [7, 11) is -2.13. The maximum absolute atomic E-state index is 12.4. The first-order valence-electron chi connectivity index (χ1n) is 9.93. The number of carbonyl (C=O) groups excluding carboxylic acids is 1. The van der Waals surface area contributed by atoms with Gasteiger partial charge in [0, 0.05) is 18.8 Å². The van der Waals surface area contributed by atoms with Gasteiger partial charge in [0.2, 0.25) is 15.9 Å². The Hall–Kier alpha value is -3.00. The van der Waals surface area contributed by atoms with Crippen molar-refractivity contribution in [1.29, 1.82) is 0 Å². The number of nitrogens with one attached hydrogen (secondary N) is 2. The fourth-order valence-corrected chi connectivity index (χ4v) is 4.40. The molecule has 1 atom stereocenters. The van der Waals surface area contributed by atoms with Crippen LogP contribution in [0.1, 0.15) is 12.5 Å². The van der Waals surface area contributed by atoms with E-state index in [9.17, 15) is 13.2 Å². The van der Waals surface area contributed by atoms with Crippen LogP contribution in [-0.2, 0) is 26.0 Å². The Balaban J connectivity index is 1.58. The molecule has 0 aliphatic heterocycles. The zero-order valence-corrected chi connectivity index (χ0v) is 18.4. The van der Waals surface area contributed by atoms with Crippen molar-refractivity contribution >= 4 is 21.6 Å². The Bertz CT molecular complexity index is 1100. The SMILES string of the molecule is COCC(C)NS(=O)(=O)c1ccc(NC(=O)Cc2ccc(-c3ccccc3)cc2)cc1. The minimum Gasteiger partial charge on any atom is -0.383 e. The quantitative estimate of drug-likeness (QED) is 0.532. The first-order chi connectivity index (χ1) is 14.9. The van der Waals surface area contributed by atoms with Crippen LogP contribution >= 0.6 is 0 Å². The number of hydrogen-bond acceptors (Lipinski definition) is 4. The van der Waals surface area contributed by atoms with E-state index in [0.29, 0.717) is 5.69 Å². The molecule has 1 amide bonds. The van der Waals surface area contributed by atoms with E-state index in [4.69, 9.17) is 4.74 Å². The molecule has 162 valence electrons. The summed E-state index contributed by atoms with van der Waals surface area (Å²) < 4.78 is 32.2. The van der Waals surface area contributed by atoms with Crippen LogP contribution < -0.4 is 10.0 Å². The lowest BCUT2D eigenvalue weighted by atomic mass is 10.0. The maximum atomic E-state index is 12.4. The molecular weight excluding hydrogens is 412 g/mol. The monoisotopic (exact) mass is 438 g/mol. The van der Waals surface area contributed by atoms with Crippen LogP contribution in [0.5, 0.6) is 0 Å². The molecule has 0 bridgehead atoms. The Kier molecular flexibility index (Phi) is 7.57. The highest BCUT2D eigenvalue weighted by Gasteiger charge is 2.17. The number of benzene rings is 3. The molecular formula is C24H26N2O4S. The van der Waals surface area contributed by atoms with E-state index in [-0.39, 0.29) is 29.9 Å². The molecule has 0 fully saturated rings. The Morgan fingerprint density at radius 3 is 2.13 bits per heavy atom. The first-order valence-corrected chi connectivity index (χ1v) is 11.4. The van der Waals surface area contributed by atoms with Gasteiger partial charge in [-0.2, -0.15) is 0 Å². The molecule has 7 heteroatoms. The number of sulfonamides is 1. The summed E-state index contributed by atoms with van der Waals surface area (Å²) in [4.78, 5) is 12.5. The third-order valence-corrected chi connectivity index (χ3v) is 6.25. The van der Waals surface area contributed by atoms with Crippen LogP contribution in [0.25, 0.3) is 11.1 Å². The van der Waals surface area contributed by atoms with Gasteiger partial charge in [-0.1, -0.05) is 54.6 Å². The lowest BCUT2D eigenvalue weighted by molar-refractivity contribution is -0.115. The number of hydrogen-bond donors (Lipinski definition) is 2. The number of ether oxygens (including phenoxy) is 1. The Morgan fingerprint density at radius 1 is 0.903 bits per heavy atom. The smallest absolute Gasteiger partial charge is 0.240 e. The molecule has 0 radical (unpaired) electrons. The van der Waals surface area contributed by atoms with Crippen molar-refractivity contribution in [3.8, 4) is 11.1 Å². The van der Waals surface area contributed by atoms with Gasteiger partial charge in [-0.3, -0.25) is 4.79 Å². The highest BCUT2D eigenvalue weighted by Crippen LogP contribution is 2.20. The van der Waals surface area contributed by atoms with Crippen LogP contribution in [0.3, 0.4) is 0 Å². The van der Waals surface area contributed by atoms with Crippen molar-refractivity contribution in [2.24, 2.45) is 0 Å². The highest BCUT2D eigenvalue weighted by molar-refractivity contribution is 7.89. The Labute approximate surface area is 183 Å². The molecule has 0 heterocycles. The zero-order valence-electron chi connectivity index (χ0n) is 17.5. The third kappa shape index (κ3) is 6.49. The minimum absolute atomic E-state index is 0.130. The van der Waals surface area contributed by atoms with Crippen molar-refractivity contribution in [2.75, 3.05) is 19.0 Å². The standard InChI is InChI=1S/C24H26N2O4S/c1-18(17-30-2)26-31(28,29)23-14-12-22(13-15-23)25-24(27)16-19-8-10-21(11-9-19)20-6-4-3-5-7-20/h3-15,18,26H,16-17H2,1-2H3,(H,25,27). The summed E-state index contributed by atoms with van der Waals surface area (Å²) in [5, 5.41) is 2.80. The first kappa shape index (κ1) is 22.7. The van der Waals surface area contributed by atoms with Crippen LogP contribution in [0.15, 0.2) is 83.8 Å². The van der Waals surface area contributed by atoms with E-state index in [0.717, 1.165) is 16.7 Å². The molecule has 1 unspecified atom stereocenters. The average molecular weight is 439 g/mol. The van der Waals surface area contributed by atoms with Crippen molar-refractivity contribution in [2.45, 2.75) is 24.3 Å². The summed E-state index contributed by atoms with van der Waals surface area (Å²) in [5.74, 6) is -0.171. The molecule has 3 aromatic carbocycles. The fraction of sp³-hybridized carbons (Fsp3) is 0.208. The molecule has 0 aliphatic carbocycles. The van der Waals surface area contributed by atoms with Crippen molar-refractivity contribution < 1.29 is 17.9 Å². The molecule has 3 aromatic rings. The van der Waals surface area contributed by atoms with Crippen LogP contribution in [0, 0.1) is 0 Å². The maximum Gasteiger partial charge on any atom is 0.240 e. The second-order valence-corrected chi connectivity index (χ2v) is 9.00. The predicted octanol–water partition coefficient (Wildman–Crippen LogP) is 3.85. The summed E-state index contributed by atoms with van der Waals surface area (Å²) in [6.45, 7) is 2.00. The van der Waals surface area contributed by atoms with Gasteiger partial charge in [0.1, 0.15) is 0 Å². The van der Waals surface area contributed by atoms with Gasteiger partial charge in [0.15, 0.2) is 0 Å². The minimum atomic E-state index is -3.65. The van der Waals surface area contributed by atoms with Gasteiger partial charge in [-0.25, -0.2) is 13.1 Å². The van der Waals surface area contributed by atoms with E-state index in [1.807, 2.05) is 54.6 Å². The number of methoxy groups -OCH3 is 1. The number of carbonyl (C=O) groups is 1. The number of anilines is 1. The van der Waals surface area contributed by atoms with Gasteiger partial charge in [-0.15, -0.1) is 0 Å². The molecule has 0 saturated carbocycles. The fourth-order valence-electron chi connectivity index (χ4n) is 3.17. The average Bonchev–Trinajstić information content (AvgIpc) is 2.75. The van der Waals surface area contributed by atoms with Gasteiger partial charge < -0.3 is 10.1 Å². The van der Waals surface area contributed by atoms with E-state index in [1.165, 1.54) is 19.2 Å². The molecule has 0 aliphatic rings. The normalized spacial score (nSPS) is 12.3.